The number of aromatic nitrogens is 2. The first kappa shape index (κ1) is 21.8. The molecule has 8 heteroatoms. The number of aryl methyl sites for hydroxylation is 1. The molecular formula is C22H29N3O5. The molecule has 1 saturated heterocycles. The highest BCUT2D eigenvalue weighted by Crippen LogP contribution is 2.23. The Hall–Kier alpha value is -2.87. The summed E-state index contributed by atoms with van der Waals surface area (Å²) >= 11 is 0. The summed E-state index contributed by atoms with van der Waals surface area (Å²) in [7, 11) is 1.63. The number of rotatable bonds is 5. The average Bonchev–Trinajstić information content (AvgIpc) is 2.68. The fourth-order valence-electron chi connectivity index (χ4n) is 3.13. The van der Waals surface area contributed by atoms with Crippen molar-refractivity contribution in [3.05, 3.63) is 46.8 Å². The van der Waals surface area contributed by atoms with Gasteiger partial charge in [-0.2, -0.15) is 5.10 Å². The SMILES string of the molecule is Cn1nc(-c2ccc(OCC3CCN(OC(=O)OC(C)(C)C)CC3)cc2)ccc1=O. The minimum Gasteiger partial charge on any atom is -0.493 e. The molecule has 3 rings (SSSR count). The molecule has 0 atom stereocenters. The van der Waals surface area contributed by atoms with Crippen LogP contribution in [0.1, 0.15) is 33.6 Å². The summed E-state index contributed by atoms with van der Waals surface area (Å²) < 4.78 is 12.4. The van der Waals surface area contributed by atoms with Crippen LogP contribution in [-0.4, -0.2) is 46.3 Å². The number of benzene rings is 1. The van der Waals surface area contributed by atoms with Crippen molar-refractivity contribution < 1.29 is 19.1 Å². The Kier molecular flexibility index (Phi) is 6.77. The average molecular weight is 415 g/mol. The second kappa shape index (κ2) is 9.30. The zero-order chi connectivity index (χ0) is 21.7. The van der Waals surface area contributed by atoms with E-state index >= 15 is 0 Å². The van der Waals surface area contributed by atoms with Crippen molar-refractivity contribution in [2.75, 3.05) is 19.7 Å². The molecule has 1 aromatic carbocycles. The maximum Gasteiger partial charge on any atom is 0.528 e. The predicted molar refractivity (Wildman–Crippen MR) is 112 cm³/mol. The molecule has 0 radical (unpaired) electrons. The van der Waals surface area contributed by atoms with Crippen LogP contribution in [0.2, 0.25) is 0 Å². The summed E-state index contributed by atoms with van der Waals surface area (Å²) in [6.45, 7) is 7.35. The summed E-state index contributed by atoms with van der Waals surface area (Å²) in [6.07, 6.45) is 1.09. The number of hydroxylamine groups is 2. The first-order valence-corrected chi connectivity index (χ1v) is 10.1. The first-order chi connectivity index (χ1) is 14.2. The molecule has 0 spiro atoms. The van der Waals surface area contributed by atoms with Crippen LogP contribution in [-0.2, 0) is 16.6 Å². The van der Waals surface area contributed by atoms with E-state index in [9.17, 15) is 9.59 Å². The molecule has 30 heavy (non-hydrogen) atoms. The molecule has 2 heterocycles. The van der Waals surface area contributed by atoms with Crippen molar-refractivity contribution in [3.8, 4) is 17.0 Å². The van der Waals surface area contributed by atoms with Gasteiger partial charge in [-0.25, -0.2) is 9.48 Å². The highest BCUT2D eigenvalue weighted by atomic mass is 16.8. The Balaban J connectivity index is 1.44. The zero-order valence-corrected chi connectivity index (χ0v) is 18.0. The molecule has 0 saturated carbocycles. The number of hydrogen-bond donors (Lipinski definition) is 0. The second-order valence-corrected chi connectivity index (χ2v) is 8.44. The minimum absolute atomic E-state index is 0.138. The van der Waals surface area contributed by atoms with E-state index in [1.54, 1.807) is 18.2 Å². The Labute approximate surface area is 176 Å². The van der Waals surface area contributed by atoms with E-state index in [0.29, 0.717) is 25.6 Å². The van der Waals surface area contributed by atoms with Gasteiger partial charge in [0.2, 0.25) is 0 Å². The number of carbonyl (C=O) groups excluding carboxylic acids is 1. The van der Waals surface area contributed by atoms with Crippen LogP contribution in [0.4, 0.5) is 4.79 Å². The Morgan fingerprint density at radius 1 is 1.10 bits per heavy atom. The zero-order valence-electron chi connectivity index (χ0n) is 18.0. The molecule has 162 valence electrons. The van der Waals surface area contributed by atoms with E-state index in [0.717, 1.165) is 29.8 Å². The molecule has 0 aliphatic carbocycles. The highest BCUT2D eigenvalue weighted by molar-refractivity contribution is 5.60. The fraction of sp³-hybridized carbons (Fsp3) is 0.500. The highest BCUT2D eigenvalue weighted by Gasteiger charge is 2.25. The number of piperidine rings is 1. The Morgan fingerprint density at radius 2 is 1.77 bits per heavy atom. The molecule has 0 N–H and O–H groups in total. The van der Waals surface area contributed by atoms with Crippen molar-refractivity contribution >= 4 is 6.16 Å². The van der Waals surface area contributed by atoms with Crippen LogP contribution < -0.4 is 10.3 Å². The summed E-state index contributed by atoms with van der Waals surface area (Å²) in [5.74, 6) is 1.18. The van der Waals surface area contributed by atoms with Gasteiger partial charge in [0.25, 0.3) is 5.56 Å². The lowest BCUT2D eigenvalue weighted by atomic mass is 9.99. The predicted octanol–water partition coefficient (Wildman–Crippen LogP) is 3.40. The topological polar surface area (TPSA) is 82.9 Å². The maximum atomic E-state index is 11.8. The normalized spacial score (nSPS) is 15.6. The van der Waals surface area contributed by atoms with Crippen LogP contribution in [0.5, 0.6) is 5.75 Å². The first-order valence-electron chi connectivity index (χ1n) is 10.1. The molecule has 0 amide bonds. The van der Waals surface area contributed by atoms with Crippen molar-refractivity contribution in [1.82, 2.24) is 14.8 Å². The lowest BCUT2D eigenvalue weighted by Crippen LogP contribution is -2.38. The molecule has 1 aliphatic rings. The third kappa shape index (κ3) is 6.32. The molecule has 1 fully saturated rings. The van der Waals surface area contributed by atoms with Crippen molar-refractivity contribution in [2.24, 2.45) is 13.0 Å². The van der Waals surface area contributed by atoms with Gasteiger partial charge < -0.3 is 14.3 Å². The van der Waals surface area contributed by atoms with Gasteiger partial charge in [0.1, 0.15) is 11.4 Å². The Bertz CT molecular complexity index is 910. The van der Waals surface area contributed by atoms with Crippen LogP contribution >= 0.6 is 0 Å². The lowest BCUT2D eigenvalue weighted by molar-refractivity contribution is -0.156. The van der Waals surface area contributed by atoms with Crippen molar-refractivity contribution in [1.29, 1.82) is 0 Å². The van der Waals surface area contributed by atoms with E-state index in [-0.39, 0.29) is 5.56 Å². The Morgan fingerprint density at radius 3 is 2.37 bits per heavy atom. The third-order valence-corrected chi connectivity index (χ3v) is 4.76. The monoisotopic (exact) mass is 415 g/mol. The summed E-state index contributed by atoms with van der Waals surface area (Å²) in [4.78, 5) is 28.5. The lowest BCUT2D eigenvalue weighted by Gasteiger charge is -2.30. The van der Waals surface area contributed by atoms with Gasteiger partial charge in [0.05, 0.1) is 12.3 Å². The largest absolute Gasteiger partial charge is 0.528 e. The number of nitrogens with zero attached hydrogens (tertiary/aromatic N) is 3. The van der Waals surface area contributed by atoms with Gasteiger partial charge in [-0.05, 0) is 69.9 Å². The van der Waals surface area contributed by atoms with Crippen LogP contribution in [0.25, 0.3) is 11.3 Å². The van der Waals surface area contributed by atoms with E-state index in [4.69, 9.17) is 14.3 Å². The van der Waals surface area contributed by atoms with Gasteiger partial charge in [-0.15, -0.1) is 5.06 Å². The smallest absolute Gasteiger partial charge is 0.493 e. The number of hydrogen-bond acceptors (Lipinski definition) is 7. The number of ether oxygens (including phenoxy) is 2. The van der Waals surface area contributed by atoms with Gasteiger partial charge >= 0.3 is 6.16 Å². The van der Waals surface area contributed by atoms with E-state index in [1.165, 1.54) is 10.7 Å². The van der Waals surface area contributed by atoms with Crippen LogP contribution in [0.3, 0.4) is 0 Å². The maximum absolute atomic E-state index is 11.8. The molecule has 0 bridgehead atoms. The molecule has 1 aliphatic heterocycles. The second-order valence-electron chi connectivity index (χ2n) is 8.44. The van der Waals surface area contributed by atoms with Crippen molar-refractivity contribution in [2.45, 2.75) is 39.2 Å². The summed E-state index contributed by atoms with van der Waals surface area (Å²) in [5, 5.41) is 5.91. The van der Waals surface area contributed by atoms with Gasteiger partial charge in [0.15, 0.2) is 0 Å². The molecule has 2 aromatic rings. The fourth-order valence-corrected chi connectivity index (χ4v) is 3.13. The van der Waals surface area contributed by atoms with Gasteiger partial charge in [-0.1, -0.05) is 0 Å². The van der Waals surface area contributed by atoms with Crippen LogP contribution in [0.15, 0.2) is 41.2 Å². The molecule has 8 nitrogen and oxygen atoms in total. The summed E-state index contributed by atoms with van der Waals surface area (Å²) in [6, 6.07) is 10.9. The number of carbonyl (C=O) groups is 1. The van der Waals surface area contributed by atoms with Crippen LogP contribution in [0, 0.1) is 5.92 Å². The molecular weight excluding hydrogens is 386 g/mol. The quantitative estimate of drug-likeness (QED) is 0.692. The van der Waals surface area contributed by atoms with E-state index in [2.05, 4.69) is 5.10 Å². The standard InChI is InChI=1S/C22H29N3O5/c1-22(2,3)29-21(27)30-25-13-11-16(12-14-25)15-28-18-7-5-17(6-8-18)19-9-10-20(26)24(4)23-19/h5-10,16H,11-15H2,1-4H3. The van der Waals surface area contributed by atoms with Crippen molar-refractivity contribution in [3.63, 3.8) is 0 Å². The summed E-state index contributed by atoms with van der Waals surface area (Å²) in [5.41, 5.74) is 0.958. The van der Waals surface area contributed by atoms with E-state index in [1.807, 2.05) is 45.0 Å². The molecule has 0 unspecified atom stereocenters. The van der Waals surface area contributed by atoms with Gasteiger partial charge in [-0.3, -0.25) is 4.79 Å². The third-order valence-electron chi connectivity index (χ3n) is 4.76. The van der Waals surface area contributed by atoms with Gasteiger partial charge in [0, 0.05) is 31.8 Å². The minimum atomic E-state index is -0.662. The van der Waals surface area contributed by atoms with E-state index < -0.39 is 11.8 Å². The molecule has 1 aromatic heterocycles.